The first-order valence-corrected chi connectivity index (χ1v) is 8.81. The molecule has 26 heavy (non-hydrogen) atoms. The largest absolute Gasteiger partial charge is 0.507 e. The number of hydrogen-bond acceptors (Lipinski definition) is 2. The van der Waals surface area contributed by atoms with Crippen LogP contribution >= 0.6 is 0 Å². The molecule has 0 bridgehead atoms. The smallest absolute Gasteiger partial charge is 0.125 e. The van der Waals surface area contributed by atoms with E-state index in [0.717, 1.165) is 16.5 Å². The Morgan fingerprint density at radius 3 is 1.88 bits per heavy atom. The van der Waals surface area contributed by atoms with Crippen LogP contribution in [0.2, 0.25) is 0 Å². The lowest BCUT2D eigenvalue weighted by molar-refractivity contribution is 0.482. The van der Waals surface area contributed by atoms with Crippen LogP contribution in [-0.2, 0) is 0 Å². The summed E-state index contributed by atoms with van der Waals surface area (Å²) in [6.07, 6.45) is 0. The predicted molar refractivity (Wildman–Crippen MR) is 112 cm³/mol. The molecular weight excluding hydrogens is 318 g/mol. The molecular formula is C24H19NO. The van der Waals surface area contributed by atoms with Crippen molar-refractivity contribution >= 4 is 48.8 Å². The number of anilines is 1. The number of phenolic OH excluding ortho intramolecular Hbond substituents is 1. The fraction of sp³-hybridized carbons (Fsp3) is 0.0833. The van der Waals surface area contributed by atoms with Gasteiger partial charge < -0.3 is 10.0 Å². The molecule has 0 aromatic heterocycles. The number of nitrogens with zero attached hydrogens (tertiary/aromatic N) is 1. The van der Waals surface area contributed by atoms with Crippen molar-refractivity contribution in [2.75, 3.05) is 19.0 Å². The van der Waals surface area contributed by atoms with Gasteiger partial charge in [0.2, 0.25) is 0 Å². The lowest BCUT2D eigenvalue weighted by Crippen LogP contribution is -2.08. The van der Waals surface area contributed by atoms with Gasteiger partial charge in [-0.05, 0) is 43.8 Å². The van der Waals surface area contributed by atoms with Crippen LogP contribution in [0.5, 0.6) is 5.75 Å². The van der Waals surface area contributed by atoms with E-state index in [1.54, 1.807) is 0 Å². The van der Waals surface area contributed by atoms with Crippen LogP contribution in [0.15, 0.2) is 72.8 Å². The van der Waals surface area contributed by atoms with E-state index in [1.807, 2.05) is 31.1 Å². The van der Waals surface area contributed by atoms with Crippen molar-refractivity contribution in [3.8, 4) is 5.75 Å². The molecule has 126 valence electrons. The first-order chi connectivity index (χ1) is 12.6. The Bertz CT molecular complexity index is 1320. The maximum atomic E-state index is 10.5. The summed E-state index contributed by atoms with van der Waals surface area (Å²) in [6.45, 7) is 0. The zero-order valence-electron chi connectivity index (χ0n) is 14.8. The summed E-state index contributed by atoms with van der Waals surface area (Å²) in [6, 6.07) is 25.4. The second kappa shape index (κ2) is 5.37. The second-order valence-electron chi connectivity index (χ2n) is 7.06. The third-order valence-electron chi connectivity index (χ3n) is 5.33. The van der Waals surface area contributed by atoms with Gasteiger partial charge >= 0.3 is 0 Å². The first kappa shape index (κ1) is 15.0. The highest BCUT2D eigenvalue weighted by atomic mass is 16.3. The Morgan fingerprint density at radius 2 is 1.15 bits per heavy atom. The Kier molecular flexibility index (Phi) is 3.10. The number of phenols is 1. The molecule has 0 aliphatic carbocycles. The molecule has 0 saturated carbocycles. The molecule has 0 unspecified atom stereocenters. The molecule has 0 aliphatic heterocycles. The van der Waals surface area contributed by atoms with Gasteiger partial charge in [-0.1, -0.05) is 60.7 Å². The molecule has 0 aliphatic rings. The fourth-order valence-electron chi connectivity index (χ4n) is 3.97. The standard InChI is InChI=1S/C24H19NO/c1-25(2)16-13-23-21-10-9-18-17-6-4-3-5-15(17)7-8-19(18)20(21)11-12-22(23)24(26)14-16/h3-14,26H,1-2H3. The van der Waals surface area contributed by atoms with Gasteiger partial charge in [0, 0.05) is 31.2 Å². The molecule has 2 nitrogen and oxygen atoms in total. The summed E-state index contributed by atoms with van der Waals surface area (Å²) in [5.41, 5.74) is 1.00. The van der Waals surface area contributed by atoms with Gasteiger partial charge in [-0.2, -0.15) is 0 Å². The van der Waals surface area contributed by atoms with Crippen molar-refractivity contribution in [1.82, 2.24) is 0 Å². The molecule has 5 rings (SSSR count). The SMILES string of the molecule is CN(C)c1cc(O)c2ccc3c(ccc4c5ccccc5ccc43)c2c1. The van der Waals surface area contributed by atoms with Crippen molar-refractivity contribution in [2.24, 2.45) is 0 Å². The van der Waals surface area contributed by atoms with Gasteiger partial charge in [0.15, 0.2) is 0 Å². The van der Waals surface area contributed by atoms with E-state index in [0.29, 0.717) is 5.75 Å². The molecule has 0 spiro atoms. The average molecular weight is 337 g/mol. The molecule has 0 heterocycles. The molecule has 0 amide bonds. The molecule has 5 aromatic carbocycles. The Hall–Kier alpha value is -3.26. The summed E-state index contributed by atoms with van der Waals surface area (Å²) >= 11 is 0. The van der Waals surface area contributed by atoms with Gasteiger partial charge in [0.05, 0.1) is 0 Å². The van der Waals surface area contributed by atoms with Crippen LogP contribution in [0.1, 0.15) is 0 Å². The second-order valence-corrected chi connectivity index (χ2v) is 7.06. The van der Waals surface area contributed by atoms with Crippen molar-refractivity contribution in [3.05, 3.63) is 72.8 Å². The number of hydrogen-bond donors (Lipinski definition) is 1. The van der Waals surface area contributed by atoms with Crippen LogP contribution in [-0.4, -0.2) is 19.2 Å². The lowest BCUT2D eigenvalue weighted by atomic mass is 9.94. The summed E-state index contributed by atoms with van der Waals surface area (Å²) < 4.78 is 0. The van der Waals surface area contributed by atoms with E-state index in [2.05, 4.69) is 60.7 Å². The summed E-state index contributed by atoms with van der Waals surface area (Å²) in [7, 11) is 3.99. The third-order valence-corrected chi connectivity index (χ3v) is 5.33. The monoisotopic (exact) mass is 337 g/mol. The minimum absolute atomic E-state index is 0.326. The van der Waals surface area contributed by atoms with Crippen molar-refractivity contribution in [1.29, 1.82) is 0 Å². The number of benzene rings is 5. The Labute approximate surface area is 151 Å². The topological polar surface area (TPSA) is 23.5 Å². The van der Waals surface area contributed by atoms with Gasteiger partial charge in [0.1, 0.15) is 5.75 Å². The summed E-state index contributed by atoms with van der Waals surface area (Å²) in [5, 5.41) is 19.9. The van der Waals surface area contributed by atoms with Crippen LogP contribution in [0, 0.1) is 0 Å². The normalized spacial score (nSPS) is 11.6. The highest BCUT2D eigenvalue weighted by Gasteiger charge is 2.11. The number of fused-ring (bicyclic) bond motifs is 7. The fourth-order valence-corrected chi connectivity index (χ4v) is 3.97. The number of aromatic hydroxyl groups is 1. The van der Waals surface area contributed by atoms with Crippen LogP contribution in [0.4, 0.5) is 5.69 Å². The van der Waals surface area contributed by atoms with E-state index in [1.165, 1.54) is 32.3 Å². The summed E-state index contributed by atoms with van der Waals surface area (Å²) in [5.74, 6) is 0.326. The molecule has 5 aromatic rings. The van der Waals surface area contributed by atoms with Crippen LogP contribution in [0.25, 0.3) is 43.1 Å². The Morgan fingerprint density at radius 1 is 0.577 bits per heavy atom. The quantitative estimate of drug-likeness (QED) is 0.375. The van der Waals surface area contributed by atoms with E-state index in [9.17, 15) is 5.11 Å². The maximum absolute atomic E-state index is 10.5. The predicted octanol–water partition coefficient (Wildman–Crippen LogP) is 6.07. The highest BCUT2D eigenvalue weighted by Crippen LogP contribution is 2.38. The minimum Gasteiger partial charge on any atom is -0.507 e. The van der Waals surface area contributed by atoms with Gasteiger partial charge in [-0.3, -0.25) is 0 Å². The van der Waals surface area contributed by atoms with E-state index >= 15 is 0 Å². The first-order valence-electron chi connectivity index (χ1n) is 8.81. The average Bonchev–Trinajstić information content (AvgIpc) is 2.66. The lowest BCUT2D eigenvalue weighted by Gasteiger charge is -2.16. The zero-order chi connectivity index (χ0) is 17.8. The van der Waals surface area contributed by atoms with Crippen molar-refractivity contribution in [2.45, 2.75) is 0 Å². The minimum atomic E-state index is 0.326. The molecule has 0 radical (unpaired) electrons. The highest BCUT2D eigenvalue weighted by molar-refractivity contribution is 6.22. The van der Waals surface area contributed by atoms with E-state index in [4.69, 9.17) is 0 Å². The number of rotatable bonds is 1. The van der Waals surface area contributed by atoms with Crippen molar-refractivity contribution < 1.29 is 5.11 Å². The van der Waals surface area contributed by atoms with Crippen LogP contribution < -0.4 is 4.90 Å². The molecule has 0 saturated heterocycles. The molecule has 2 heteroatoms. The Balaban J connectivity index is 1.96. The van der Waals surface area contributed by atoms with E-state index < -0.39 is 0 Å². The summed E-state index contributed by atoms with van der Waals surface area (Å²) in [4.78, 5) is 2.02. The molecule has 0 atom stereocenters. The zero-order valence-corrected chi connectivity index (χ0v) is 14.8. The van der Waals surface area contributed by atoms with Gasteiger partial charge in [-0.15, -0.1) is 0 Å². The third kappa shape index (κ3) is 2.05. The van der Waals surface area contributed by atoms with Crippen molar-refractivity contribution in [3.63, 3.8) is 0 Å². The van der Waals surface area contributed by atoms with Gasteiger partial charge in [-0.25, -0.2) is 0 Å². The molecule has 0 fully saturated rings. The van der Waals surface area contributed by atoms with E-state index in [-0.39, 0.29) is 0 Å². The van der Waals surface area contributed by atoms with Crippen LogP contribution in [0.3, 0.4) is 0 Å². The van der Waals surface area contributed by atoms with Gasteiger partial charge in [0.25, 0.3) is 0 Å². The maximum Gasteiger partial charge on any atom is 0.125 e. The molecule has 1 N–H and O–H groups in total.